The lowest BCUT2D eigenvalue weighted by Crippen LogP contribution is -2.66. The highest BCUT2D eigenvalue weighted by molar-refractivity contribution is 5.86. The van der Waals surface area contributed by atoms with Crippen LogP contribution in [0.25, 0.3) is 11.1 Å². The fourth-order valence-corrected chi connectivity index (χ4v) is 3.16. The predicted molar refractivity (Wildman–Crippen MR) is 109 cm³/mol. The first-order valence-electron chi connectivity index (χ1n) is 8.99. The summed E-state index contributed by atoms with van der Waals surface area (Å²) < 4.78 is 0. The summed E-state index contributed by atoms with van der Waals surface area (Å²) in [6, 6.07) is 12.5. The van der Waals surface area contributed by atoms with E-state index in [0.717, 1.165) is 0 Å². The van der Waals surface area contributed by atoms with Gasteiger partial charge in [0.15, 0.2) is 22.8 Å². The highest BCUT2D eigenvalue weighted by Crippen LogP contribution is 2.20. The fourth-order valence-electron chi connectivity index (χ4n) is 3.16. The van der Waals surface area contributed by atoms with E-state index >= 15 is 0 Å². The average Bonchev–Trinajstić information content (AvgIpc) is 2.93. The van der Waals surface area contributed by atoms with E-state index in [1.807, 2.05) is 0 Å². The fraction of sp³-hybridized carbons (Fsp3) is 0. The van der Waals surface area contributed by atoms with Crippen molar-refractivity contribution in [1.82, 2.24) is 19.9 Å². The molecule has 1 aromatic carbocycles. The molecule has 3 rings (SSSR count). The monoisotopic (exact) mass is 464 g/mol. The van der Waals surface area contributed by atoms with Crippen LogP contribution in [0.1, 0.15) is 45.6 Å². The first-order chi connectivity index (χ1) is 17.3. The summed E-state index contributed by atoms with van der Waals surface area (Å²) in [6.45, 7) is 0. The molecule has 0 aliphatic heterocycles. The van der Waals surface area contributed by atoms with Crippen molar-refractivity contribution < 1.29 is 0 Å². The van der Waals surface area contributed by atoms with Crippen LogP contribution in [-0.4, -0.2) is 19.9 Å². The van der Waals surface area contributed by atoms with Crippen LogP contribution in [0.3, 0.4) is 0 Å². The number of hydrogen-bond acceptors (Lipinski definition) is 14. The Kier molecular flexibility index (Phi) is 6.01. The lowest BCUT2D eigenvalue weighted by Gasteiger charge is -2.08. The van der Waals surface area contributed by atoms with Crippen molar-refractivity contribution in [2.45, 2.75) is 0 Å². The standard InChI is InChI=1S/C22N12O2/c23-1-9(17-11(3-25)31-15(7-29)32-12(17)4-26)19-20(22(36)21(19)35)10(2-24)18-13(5-27)33-16(8-30)34-14(18)6-28/b19-9-,20-10+. The van der Waals surface area contributed by atoms with Crippen LogP contribution in [0.4, 0.5) is 0 Å². The molecule has 3 aromatic rings. The molecule has 0 unspecified atom stereocenters. The minimum atomic E-state index is -1.28. The Balaban J connectivity index is 2.71. The van der Waals surface area contributed by atoms with Crippen LogP contribution in [0, 0.1) is 90.6 Å². The van der Waals surface area contributed by atoms with E-state index in [-0.39, 0.29) is 0 Å². The van der Waals surface area contributed by atoms with Gasteiger partial charge >= 0.3 is 0 Å². The van der Waals surface area contributed by atoms with Crippen molar-refractivity contribution in [3.05, 3.63) is 76.4 Å². The van der Waals surface area contributed by atoms with E-state index in [2.05, 4.69) is 19.9 Å². The maximum absolute atomic E-state index is 12.6. The van der Waals surface area contributed by atoms with Gasteiger partial charge in [-0.3, -0.25) is 9.59 Å². The van der Waals surface area contributed by atoms with Gasteiger partial charge in [-0.15, -0.1) is 0 Å². The lowest BCUT2D eigenvalue weighted by atomic mass is 9.92. The van der Waals surface area contributed by atoms with Gasteiger partial charge in [-0.25, -0.2) is 19.9 Å². The van der Waals surface area contributed by atoms with Gasteiger partial charge in [0.1, 0.15) is 48.6 Å². The van der Waals surface area contributed by atoms with Crippen molar-refractivity contribution in [3.8, 4) is 48.6 Å². The summed E-state index contributed by atoms with van der Waals surface area (Å²) in [5.41, 5.74) is -7.69. The molecular weight excluding hydrogens is 464 g/mol. The molecule has 0 radical (unpaired) electrons. The van der Waals surface area contributed by atoms with Crippen LogP contribution >= 0.6 is 0 Å². The molecule has 0 bridgehead atoms. The molecule has 0 fully saturated rings. The second kappa shape index (κ2) is 9.18. The largest absolute Gasteiger partial charge is 0.285 e. The van der Waals surface area contributed by atoms with Gasteiger partial charge in [0.05, 0.1) is 32.7 Å². The van der Waals surface area contributed by atoms with E-state index in [0.29, 0.717) is 0 Å². The Bertz CT molecular complexity index is 1850. The molecule has 14 nitrogen and oxygen atoms in total. The molecule has 0 saturated heterocycles. The van der Waals surface area contributed by atoms with Crippen LogP contribution in [0.5, 0.6) is 0 Å². The normalized spacial score (nSPS) is 11.1. The number of nitrogens with zero attached hydrogens (tertiary/aromatic N) is 12. The number of hydrogen-bond donors (Lipinski definition) is 0. The molecular formula is C22N12O2. The summed E-state index contributed by atoms with van der Waals surface area (Å²) in [7, 11) is 0. The molecule has 14 heteroatoms. The minimum absolute atomic E-state index is 0.566. The summed E-state index contributed by atoms with van der Waals surface area (Å²) in [6.07, 6.45) is 0. The maximum Gasteiger partial charge on any atom is 0.235 e. The van der Waals surface area contributed by atoms with Gasteiger partial charge in [-0.1, -0.05) is 0 Å². The molecule has 36 heavy (non-hydrogen) atoms. The smallest absolute Gasteiger partial charge is 0.235 e. The molecule has 0 N–H and O–H groups in total. The second-order valence-electron chi connectivity index (χ2n) is 6.29. The topological polar surface area (TPSA) is 276 Å². The van der Waals surface area contributed by atoms with Crippen LogP contribution in [0.15, 0.2) is 9.59 Å². The van der Waals surface area contributed by atoms with Gasteiger partial charge in [0.2, 0.25) is 22.5 Å². The van der Waals surface area contributed by atoms with E-state index in [1.54, 1.807) is 36.4 Å². The summed E-state index contributed by atoms with van der Waals surface area (Å²) in [4.78, 5) is 39.6. The molecule has 0 aliphatic rings. The third-order valence-electron chi connectivity index (χ3n) is 4.58. The van der Waals surface area contributed by atoms with Crippen molar-refractivity contribution in [3.63, 3.8) is 0 Å². The zero-order valence-corrected chi connectivity index (χ0v) is 17.2. The van der Waals surface area contributed by atoms with Crippen LogP contribution < -0.4 is 21.3 Å². The summed E-state index contributed by atoms with van der Waals surface area (Å²) in [5.74, 6) is -1.16. The molecule has 2 heterocycles. The van der Waals surface area contributed by atoms with Crippen molar-refractivity contribution >= 4 is 11.1 Å². The van der Waals surface area contributed by atoms with E-state index in [9.17, 15) is 41.2 Å². The second-order valence-corrected chi connectivity index (χ2v) is 6.29. The molecule has 0 saturated carbocycles. The Hall–Kier alpha value is -7.10. The highest BCUT2D eigenvalue weighted by atomic mass is 16.2. The minimum Gasteiger partial charge on any atom is -0.285 e. The van der Waals surface area contributed by atoms with Crippen LogP contribution in [0.2, 0.25) is 0 Å². The van der Waals surface area contributed by atoms with Crippen molar-refractivity contribution in [2.75, 3.05) is 0 Å². The van der Waals surface area contributed by atoms with E-state index in [4.69, 9.17) is 10.5 Å². The Morgan fingerprint density at radius 1 is 0.472 bits per heavy atom. The molecule has 0 aliphatic carbocycles. The maximum atomic E-state index is 12.6. The molecule has 160 valence electrons. The van der Waals surface area contributed by atoms with Gasteiger partial charge in [-0.05, 0) is 0 Å². The van der Waals surface area contributed by atoms with Gasteiger partial charge in [0.25, 0.3) is 0 Å². The number of aromatic nitrogens is 4. The van der Waals surface area contributed by atoms with Crippen LogP contribution in [-0.2, 0) is 0 Å². The average molecular weight is 464 g/mol. The highest BCUT2D eigenvalue weighted by Gasteiger charge is 2.27. The lowest BCUT2D eigenvalue weighted by molar-refractivity contribution is 1.05. The van der Waals surface area contributed by atoms with E-state index in [1.165, 1.54) is 12.1 Å². The third-order valence-corrected chi connectivity index (χ3v) is 4.58. The first kappa shape index (κ1) is 23.6. The summed E-state index contributed by atoms with van der Waals surface area (Å²) >= 11 is 0. The summed E-state index contributed by atoms with van der Waals surface area (Å²) in [5, 5.41) is 74.1. The zero-order valence-electron chi connectivity index (χ0n) is 17.2. The number of nitriles is 8. The van der Waals surface area contributed by atoms with Crippen molar-refractivity contribution in [1.29, 1.82) is 42.1 Å². The molecule has 0 atom stereocenters. The quantitative estimate of drug-likeness (QED) is 0.355. The third kappa shape index (κ3) is 3.40. The predicted octanol–water partition coefficient (Wildman–Crippen LogP) is -2.46. The zero-order chi connectivity index (χ0) is 26.6. The Morgan fingerprint density at radius 3 is 0.944 bits per heavy atom. The molecule has 0 spiro atoms. The first-order valence-corrected chi connectivity index (χ1v) is 8.99. The van der Waals surface area contributed by atoms with E-state index < -0.39 is 78.0 Å². The van der Waals surface area contributed by atoms with Crippen molar-refractivity contribution in [2.24, 2.45) is 0 Å². The molecule has 2 aromatic heterocycles. The number of rotatable bonds is 2. The van der Waals surface area contributed by atoms with Gasteiger partial charge in [0, 0.05) is 0 Å². The SMILES string of the molecule is N#C/C(c1c(C#N)nc(C#N)nc1C#N)=c1\c(=O)c(=O)\c1=C(\C#N)c1c(C#N)nc(C#N)nc1C#N. The van der Waals surface area contributed by atoms with Gasteiger partial charge < -0.3 is 0 Å². The Labute approximate surface area is 198 Å². The van der Waals surface area contributed by atoms with Gasteiger partial charge in [-0.2, -0.15) is 42.1 Å². The molecule has 0 amide bonds. The Morgan fingerprint density at radius 2 is 0.750 bits per heavy atom.